The summed E-state index contributed by atoms with van der Waals surface area (Å²) in [6, 6.07) is 19.6. The summed E-state index contributed by atoms with van der Waals surface area (Å²) in [6.07, 6.45) is -10.00. The van der Waals surface area contributed by atoms with Crippen molar-refractivity contribution in [1.82, 2.24) is 0 Å². The van der Waals surface area contributed by atoms with Crippen molar-refractivity contribution in [3.8, 4) is 6.07 Å². The molecule has 248 valence electrons. The Bertz CT molecular complexity index is 1400. The van der Waals surface area contributed by atoms with Gasteiger partial charge in [-0.05, 0) is 0 Å². The zero-order chi connectivity index (χ0) is 35.2. The summed E-state index contributed by atoms with van der Waals surface area (Å²) in [5, 5.41) is 8.87. The van der Waals surface area contributed by atoms with Crippen LogP contribution in [-0.2, 0) is 10.9 Å². The fraction of sp³-hybridized carbons (Fsp3) is 0.367. The van der Waals surface area contributed by atoms with Gasteiger partial charge in [-0.15, -0.1) is 0 Å². The van der Waals surface area contributed by atoms with Gasteiger partial charge in [-0.3, -0.25) is 0 Å². The maximum atomic E-state index is 13.5. The van der Waals surface area contributed by atoms with Crippen LogP contribution in [0.25, 0.3) is 0 Å². The summed E-state index contributed by atoms with van der Waals surface area (Å²) >= 11 is -8.55. The van der Waals surface area contributed by atoms with Gasteiger partial charge in [-0.2, -0.15) is 0 Å². The van der Waals surface area contributed by atoms with E-state index in [0.717, 1.165) is 9.14 Å². The normalized spacial score (nSPS) is 12.4. The van der Waals surface area contributed by atoms with E-state index in [4.69, 9.17) is 5.26 Å². The van der Waals surface area contributed by atoms with E-state index in [1.807, 2.05) is 58.4 Å². The molecule has 0 saturated heterocycles. The van der Waals surface area contributed by atoms with Gasteiger partial charge in [0.05, 0.1) is 0 Å². The summed E-state index contributed by atoms with van der Waals surface area (Å²) in [7, 11) is 0. The molecule has 0 aliphatic carbocycles. The van der Waals surface area contributed by atoms with Crippen molar-refractivity contribution in [2.75, 3.05) is 4.62 Å². The first-order valence-electron chi connectivity index (χ1n) is 13.4. The molecule has 0 aliphatic heterocycles. The Morgan fingerprint density at radius 1 is 0.644 bits per heavy atom. The van der Waals surface area contributed by atoms with Crippen molar-refractivity contribution in [2.45, 2.75) is 52.1 Å². The van der Waals surface area contributed by atoms with Crippen molar-refractivity contribution in [3.63, 3.8) is 0 Å². The van der Waals surface area contributed by atoms with E-state index in [-0.39, 0.29) is 4.62 Å². The molecule has 3 rings (SSSR count). The molecule has 3 aromatic rings. The zero-order valence-corrected chi connectivity index (χ0v) is 34.6. The maximum absolute atomic E-state index is 13.5. The Morgan fingerprint density at radius 3 is 1.44 bits per heavy atom. The van der Waals surface area contributed by atoms with Crippen molar-refractivity contribution in [2.24, 2.45) is 0 Å². The number of alkyl halides is 6. The summed E-state index contributed by atoms with van der Waals surface area (Å²) in [4.78, 5) is 15.1. The molecule has 0 N–H and O–H groups in total. The Labute approximate surface area is 269 Å². The van der Waals surface area contributed by atoms with E-state index in [2.05, 4.69) is 31.7 Å². The minimum atomic E-state index is -5.48. The Balaban J connectivity index is 0.000000344. The second-order valence-corrected chi connectivity index (χ2v) is 54.5. The van der Waals surface area contributed by atoms with E-state index >= 15 is 0 Å². The van der Waals surface area contributed by atoms with Crippen LogP contribution in [0.5, 0.6) is 0 Å². The van der Waals surface area contributed by atoms with Crippen LogP contribution in [0.15, 0.2) is 54.6 Å². The molecular formula is C30H35F10NOSn3. The van der Waals surface area contributed by atoms with Crippen LogP contribution in [0.2, 0.25) is 39.5 Å². The SMILES string of the molecule is [CH3][Sn]([CH3])([CH2]OC(F)(F)F)[c]1ccccc1.[CH3][Sn]([CH3])([CH3])[c]1c(F)c(F)c(C(F)(F)F)c(F)c1F.[CH3][Sn]([CH3])([CH3])[c]1ccccc1C#N. The van der Waals surface area contributed by atoms with Crippen molar-refractivity contribution in [3.05, 3.63) is 89.0 Å². The van der Waals surface area contributed by atoms with Gasteiger partial charge < -0.3 is 0 Å². The molecule has 0 fully saturated rings. The van der Waals surface area contributed by atoms with Gasteiger partial charge in [0.2, 0.25) is 0 Å². The summed E-state index contributed by atoms with van der Waals surface area (Å²) in [5.41, 5.74) is -1.64. The quantitative estimate of drug-likeness (QED) is 0.146. The summed E-state index contributed by atoms with van der Waals surface area (Å²) in [5.74, 6) is -8.60. The van der Waals surface area contributed by atoms with E-state index in [9.17, 15) is 43.9 Å². The molecule has 0 heterocycles. The van der Waals surface area contributed by atoms with E-state index < -0.39 is 100 Å². The van der Waals surface area contributed by atoms with Crippen LogP contribution < -0.4 is 10.7 Å². The van der Waals surface area contributed by atoms with Crippen molar-refractivity contribution >= 4 is 65.9 Å². The third-order valence-electron chi connectivity index (χ3n) is 6.30. The number of rotatable bonds is 5. The standard InChI is InChI=1S/C7F7.C7H4N.C6H5.C2H2F3O.8CH3.3Sn/c8-2-1-3(9)6(11)4(5(2)10)7(12,13)14;8-6-7-4-2-1-3-5-7;1-2-4-6-5-3-1;1-6-2(3,4)5;;;;;;;;;;;/h;1-4H;1-5H;1H2;8*1H3;;;. The molecule has 3 aromatic carbocycles. The third kappa shape index (κ3) is 12.7. The Hall–Kier alpha value is -1.19. The Morgan fingerprint density at radius 2 is 1.09 bits per heavy atom. The van der Waals surface area contributed by atoms with Crippen LogP contribution in [0.1, 0.15) is 11.1 Å². The van der Waals surface area contributed by atoms with Crippen LogP contribution in [0.3, 0.4) is 0 Å². The van der Waals surface area contributed by atoms with Crippen molar-refractivity contribution < 1.29 is 48.6 Å². The molecule has 0 aliphatic rings. The molecule has 15 heteroatoms. The number of nitriles is 1. The number of hydrogen-bond donors (Lipinski definition) is 0. The number of benzene rings is 3. The zero-order valence-electron chi connectivity index (χ0n) is 26.0. The average Bonchev–Trinajstić information content (AvgIpc) is 2.90. The molecule has 0 amide bonds. The third-order valence-corrected chi connectivity index (χ3v) is 25.6. The average molecular weight is 972 g/mol. The number of hydrogen-bond acceptors (Lipinski definition) is 2. The van der Waals surface area contributed by atoms with Gasteiger partial charge in [-0.1, -0.05) is 0 Å². The molecule has 0 saturated carbocycles. The van der Waals surface area contributed by atoms with Crippen LogP contribution in [0, 0.1) is 34.6 Å². The molecule has 0 bridgehead atoms. The van der Waals surface area contributed by atoms with E-state index in [1.165, 1.54) is 18.4 Å². The molecule has 2 nitrogen and oxygen atoms in total. The van der Waals surface area contributed by atoms with Crippen LogP contribution in [-0.4, -0.2) is 66.1 Å². The topological polar surface area (TPSA) is 33.0 Å². The molecule has 45 heavy (non-hydrogen) atoms. The first-order valence-corrected chi connectivity index (χ1v) is 42.6. The fourth-order valence-electron chi connectivity index (χ4n) is 4.01. The van der Waals surface area contributed by atoms with Gasteiger partial charge in [0.1, 0.15) is 0 Å². The molecule has 0 unspecified atom stereocenters. The van der Waals surface area contributed by atoms with E-state index in [1.54, 1.807) is 0 Å². The number of nitrogens with zero attached hydrogens (tertiary/aromatic N) is 1. The van der Waals surface area contributed by atoms with Gasteiger partial charge >= 0.3 is 272 Å². The van der Waals surface area contributed by atoms with Gasteiger partial charge in [0.25, 0.3) is 0 Å². The second-order valence-electron chi connectivity index (χ2n) is 12.6. The minimum absolute atomic E-state index is 0.164. The van der Waals surface area contributed by atoms with Gasteiger partial charge in [0.15, 0.2) is 0 Å². The molecule has 0 aromatic heterocycles. The Kier molecular flexibility index (Phi) is 15.1. The van der Waals surface area contributed by atoms with Crippen molar-refractivity contribution in [1.29, 1.82) is 5.26 Å². The fourth-order valence-corrected chi connectivity index (χ4v) is 17.9. The molecular weight excluding hydrogens is 936 g/mol. The first kappa shape index (κ1) is 41.8. The predicted octanol–water partition coefficient (Wildman–Crippen LogP) is 8.59. The second kappa shape index (κ2) is 16.3. The predicted molar refractivity (Wildman–Crippen MR) is 164 cm³/mol. The monoisotopic (exact) mass is 975 g/mol. The van der Waals surface area contributed by atoms with Gasteiger partial charge in [-0.25, -0.2) is 0 Å². The van der Waals surface area contributed by atoms with Crippen LogP contribution >= 0.6 is 0 Å². The molecule has 0 spiro atoms. The first-order chi connectivity index (χ1) is 20.3. The molecule has 0 atom stereocenters. The molecule has 0 radical (unpaired) electrons. The summed E-state index contributed by atoms with van der Waals surface area (Å²) in [6.45, 7) is 0. The number of halogens is 10. The number of ether oxygens (including phenoxy) is 1. The summed E-state index contributed by atoms with van der Waals surface area (Å²) < 4.78 is 131. The van der Waals surface area contributed by atoms with E-state index in [0.29, 0.717) is 0 Å². The van der Waals surface area contributed by atoms with Crippen LogP contribution in [0.4, 0.5) is 43.9 Å². The van der Waals surface area contributed by atoms with Gasteiger partial charge in [0, 0.05) is 0 Å².